The third-order valence-electron chi connectivity index (χ3n) is 12.5. The lowest BCUT2D eigenvalue weighted by molar-refractivity contribution is -0.164. The lowest BCUT2D eigenvalue weighted by Crippen LogP contribution is -2.54. The van der Waals surface area contributed by atoms with Crippen LogP contribution in [0.4, 0.5) is 0 Å². The van der Waals surface area contributed by atoms with Crippen molar-refractivity contribution in [3.63, 3.8) is 0 Å². The van der Waals surface area contributed by atoms with Gasteiger partial charge in [0.1, 0.15) is 18.5 Å². The van der Waals surface area contributed by atoms with Gasteiger partial charge in [-0.1, -0.05) is 44.2 Å². The van der Waals surface area contributed by atoms with Crippen molar-refractivity contribution in [2.75, 3.05) is 0 Å². The van der Waals surface area contributed by atoms with Gasteiger partial charge in [-0.3, -0.25) is 24.0 Å². The molecule has 0 aliphatic heterocycles. The highest BCUT2D eigenvalue weighted by molar-refractivity contribution is 6.28. The van der Waals surface area contributed by atoms with Gasteiger partial charge in [-0.2, -0.15) is 0 Å². The number of carbonyl (C=O) groups excluding carboxylic acids is 5. The van der Waals surface area contributed by atoms with Gasteiger partial charge in [0.05, 0.1) is 12.8 Å². The van der Waals surface area contributed by atoms with Crippen LogP contribution in [0.15, 0.2) is 42.5 Å². The molecule has 2 aromatic rings. The number of ketones is 3. The number of hydrogen-bond acceptors (Lipinski definition) is 7. The molecule has 0 bridgehead atoms. The topological polar surface area (TPSA) is 104 Å². The van der Waals surface area contributed by atoms with Crippen LogP contribution >= 0.6 is 0 Å². The first-order valence-corrected chi connectivity index (χ1v) is 16.8. The third-order valence-corrected chi connectivity index (χ3v) is 12.5. The van der Waals surface area contributed by atoms with Crippen LogP contribution < -0.4 is 0 Å². The quantitative estimate of drug-likeness (QED) is 0.283. The maximum atomic E-state index is 13.0. The number of carbonyl (C=O) groups is 5. The molecule has 5 aliphatic carbocycles. The second kappa shape index (κ2) is 11.3. The molecule has 2 aromatic carbocycles. The lowest BCUT2D eigenvalue weighted by atomic mass is 9.45. The largest absolute Gasteiger partial charge is 0.462 e. The Bertz CT molecular complexity index is 1590. The molecule has 7 nitrogen and oxygen atoms in total. The van der Waals surface area contributed by atoms with Gasteiger partial charge in [0.15, 0.2) is 11.6 Å². The molecule has 0 heterocycles. The van der Waals surface area contributed by atoms with E-state index in [1.165, 1.54) is 6.42 Å². The molecule has 0 spiro atoms. The molecule has 4 saturated carbocycles. The zero-order valence-corrected chi connectivity index (χ0v) is 26.3. The van der Waals surface area contributed by atoms with Crippen molar-refractivity contribution >= 4 is 29.3 Å². The highest BCUT2D eigenvalue weighted by atomic mass is 16.5. The monoisotopic (exact) mass is 610 g/mol. The van der Waals surface area contributed by atoms with Crippen molar-refractivity contribution in [1.29, 1.82) is 0 Å². The van der Waals surface area contributed by atoms with E-state index >= 15 is 0 Å². The van der Waals surface area contributed by atoms with Crippen LogP contribution in [-0.2, 0) is 30.5 Å². The summed E-state index contributed by atoms with van der Waals surface area (Å²) < 4.78 is 11.3. The number of ether oxygens (including phenoxy) is 2. The van der Waals surface area contributed by atoms with Crippen LogP contribution in [-0.4, -0.2) is 35.4 Å². The molecule has 0 unspecified atom stereocenters. The molecule has 7 rings (SSSR count). The Hall–Kier alpha value is -3.61. The minimum absolute atomic E-state index is 0.0375. The first-order chi connectivity index (χ1) is 21.6. The minimum Gasteiger partial charge on any atom is -0.462 e. The van der Waals surface area contributed by atoms with Crippen LogP contribution in [0, 0.1) is 34.5 Å². The van der Waals surface area contributed by atoms with Gasteiger partial charge in [-0.05, 0) is 98.1 Å². The smallest absolute Gasteiger partial charge is 0.306 e. The summed E-state index contributed by atoms with van der Waals surface area (Å²) in [6.45, 7) is 4.63. The predicted molar refractivity (Wildman–Crippen MR) is 165 cm³/mol. The van der Waals surface area contributed by atoms with Crippen LogP contribution in [0.5, 0.6) is 0 Å². The zero-order valence-electron chi connectivity index (χ0n) is 26.3. The fraction of sp³-hybridized carbons (Fsp3) is 0.553. The second-order valence-electron chi connectivity index (χ2n) is 14.7. The van der Waals surface area contributed by atoms with Gasteiger partial charge in [-0.25, -0.2) is 0 Å². The molecule has 7 atom stereocenters. The van der Waals surface area contributed by atoms with E-state index < -0.39 is 5.97 Å². The predicted octanol–water partition coefficient (Wildman–Crippen LogP) is 6.81. The van der Waals surface area contributed by atoms with E-state index in [4.69, 9.17) is 9.47 Å². The molecule has 7 heteroatoms. The standard InChI is InChI=1S/C38H42O7/c1-37-17-15-24(20-23(37)8-10-28-30-11-12-32(39)38(30,2)18-16-31(28)37)45-34(41)14-13-33(40)44-21-22-7-9-27-29(19-22)36(43)26-6-4-3-5-25(26)35(27)42/h3-7,9,19,23-24,28,30-31H,8,10-18,20-21H2,1-2H3/t23-,24-,28-,30-,31-,37-,38-/m0/s1. The van der Waals surface area contributed by atoms with Crippen molar-refractivity contribution in [2.45, 2.75) is 97.2 Å². The highest BCUT2D eigenvalue weighted by Gasteiger charge is 2.60. The Kier molecular flexibility index (Phi) is 7.57. The number of esters is 2. The van der Waals surface area contributed by atoms with E-state index in [0.29, 0.717) is 57.3 Å². The Balaban J connectivity index is 0.885. The molecule has 45 heavy (non-hydrogen) atoms. The molecule has 4 fully saturated rings. The summed E-state index contributed by atoms with van der Waals surface area (Å²) in [4.78, 5) is 63.8. The molecule has 0 amide bonds. The van der Waals surface area contributed by atoms with Gasteiger partial charge in [-0.15, -0.1) is 0 Å². The van der Waals surface area contributed by atoms with Gasteiger partial charge < -0.3 is 9.47 Å². The molecular weight excluding hydrogens is 568 g/mol. The van der Waals surface area contributed by atoms with Crippen LogP contribution in [0.2, 0.25) is 0 Å². The van der Waals surface area contributed by atoms with E-state index in [1.54, 1.807) is 42.5 Å². The maximum absolute atomic E-state index is 13.0. The van der Waals surface area contributed by atoms with E-state index in [9.17, 15) is 24.0 Å². The maximum Gasteiger partial charge on any atom is 0.306 e. The van der Waals surface area contributed by atoms with E-state index in [-0.39, 0.29) is 53.9 Å². The molecule has 0 saturated heterocycles. The Morgan fingerprint density at radius 2 is 1.49 bits per heavy atom. The SMILES string of the molecule is C[C@]12CC[C@H](OC(=O)CCC(=O)OCc3ccc4c(c3)C(=O)c3ccccc3C4=O)C[C@@H]1CC[C@@H]1[C@@H]2CC[C@]2(C)C(=O)CC[C@@H]12. The summed E-state index contributed by atoms with van der Waals surface area (Å²) in [6.07, 6.45) is 8.80. The summed E-state index contributed by atoms with van der Waals surface area (Å²) in [5.41, 5.74) is 2.16. The lowest BCUT2D eigenvalue weighted by Gasteiger charge is -2.60. The van der Waals surface area contributed by atoms with Crippen LogP contribution in [0.1, 0.15) is 122 Å². The van der Waals surface area contributed by atoms with Gasteiger partial charge >= 0.3 is 11.9 Å². The zero-order chi connectivity index (χ0) is 31.5. The molecular formula is C38H42O7. The fourth-order valence-corrected chi connectivity index (χ4v) is 10.0. The van der Waals surface area contributed by atoms with Crippen molar-refractivity contribution < 1.29 is 33.4 Å². The summed E-state index contributed by atoms with van der Waals surface area (Å²) in [6, 6.07) is 11.7. The average Bonchev–Trinajstić information content (AvgIpc) is 3.35. The van der Waals surface area contributed by atoms with Crippen molar-refractivity contribution in [2.24, 2.45) is 34.5 Å². The first-order valence-electron chi connectivity index (χ1n) is 16.8. The van der Waals surface area contributed by atoms with Crippen molar-refractivity contribution in [1.82, 2.24) is 0 Å². The number of Topliss-reactive ketones (excluding diaryl/α,β-unsaturated/α-hetero) is 1. The number of benzene rings is 2. The average molecular weight is 611 g/mol. The Morgan fingerprint density at radius 1 is 0.778 bits per heavy atom. The third kappa shape index (κ3) is 5.07. The van der Waals surface area contributed by atoms with E-state index in [0.717, 1.165) is 51.4 Å². The van der Waals surface area contributed by atoms with Crippen molar-refractivity contribution in [3.05, 3.63) is 70.3 Å². The van der Waals surface area contributed by atoms with Gasteiger partial charge in [0, 0.05) is 34.1 Å². The Labute approximate surface area is 264 Å². The fourth-order valence-electron chi connectivity index (χ4n) is 10.0. The highest BCUT2D eigenvalue weighted by Crippen LogP contribution is 2.65. The number of rotatable bonds is 6. The van der Waals surface area contributed by atoms with Gasteiger partial charge in [0.25, 0.3) is 0 Å². The molecule has 0 radical (unpaired) electrons. The van der Waals surface area contributed by atoms with E-state index in [2.05, 4.69) is 13.8 Å². The normalized spacial score (nSPS) is 33.3. The van der Waals surface area contributed by atoms with Crippen molar-refractivity contribution in [3.8, 4) is 0 Å². The molecule has 0 N–H and O–H groups in total. The molecule has 0 aromatic heterocycles. The Morgan fingerprint density at radius 3 is 2.27 bits per heavy atom. The summed E-state index contributed by atoms with van der Waals surface area (Å²) in [5, 5.41) is 0. The summed E-state index contributed by atoms with van der Waals surface area (Å²) in [5.74, 6) is 1.53. The van der Waals surface area contributed by atoms with Crippen LogP contribution in [0.25, 0.3) is 0 Å². The molecule has 5 aliphatic rings. The number of fused-ring (bicyclic) bond motifs is 7. The second-order valence-corrected chi connectivity index (χ2v) is 14.7. The summed E-state index contributed by atoms with van der Waals surface area (Å²) >= 11 is 0. The molecule has 236 valence electrons. The van der Waals surface area contributed by atoms with Gasteiger partial charge in [0.2, 0.25) is 0 Å². The van der Waals surface area contributed by atoms with Crippen LogP contribution in [0.3, 0.4) is 0 Å². The minimum atomic E-state index is -0.512. The number of hydrogen-bond donors (Lipinski definition) is 0. The first kappa shape index (κ1) is 30.1. The van der Waals surface area contributed by atoms with E-state index in [1.807, 2.05) is 0 Å². The summed E-state index contributed by atoms with van der Waals surface area (Å²) in [7, 11) is 0.